The van der Waals surface area contributed by atoms with E-state index in [-0.39, 0.29) is 5.41 Å². The Kier molecular flexibility index (Phi) is 6.10. The van der Waals surface area contributed by atoms with Gasteiger partial charge in [0.25, 0.3) is 0 Å². The fourth-order valence-corrected chi connectivity index (χ4v) is 6.67. The zero-order valence-electron chi connectivity index (χ0n) is 25.3. The van der Waals surface area contributed by atoms with Crippen molar-refractivity contribution in [2.75, 3.05) is 0 Å². The molecule has 0 saturated heterocycles. The Labute approximate surface area is 258 Å². The van der Waals surface area contributed by atoms with Gasteiger partial charge < -0.3 is 0 Å². The van der Waals surface area contributed by atoms with Crippen LogP contribution in [0, 0.1) is 0 Å². The van der Waals surface area contributed by atoms with Gasteiger partial charge in [0.05, 0.1) is 0 Å². The lowest BCUT2D eigenvalue weighted by atomic mass is 9.81. The number of hydrogen-bond donors (Lipinski definition) is 0. The molecule has 0 aliphatic heterocycles. The third-order valence-electron chi connectivity index (χ3n) is 9.08. The van der Waals surface area contributed by atoms with Crippen molar-refractivity contribution in [2.24, 2.45) is 0 Å². The molecule has 1 heteroatoms. The van der Waals surface area contributed by atoms with E-state index in [4.69, 9.17) is 0 Å². The molecule has 1 nitrogen and oxygen atoms in total. The molecule has 7 aromatic carbocycles. The molecule has 44 heavy (non-hydrogen) atoms. The van der Waals surface area contributed by atoms with Gasteiger partial charge in [0.1, 0.15) is 0 Å². The van der Waals surface area contributed by atoms with Gasteiger partial charge in [-0.3, -0.25) is 4.98 Å². The SMILES string of the molecule is CC(C)(C)c1cc2ccc3c(-c4ccc(-c5ccccc5)cc4)cc(-c4ccc(-c5cccnc5)cc4)c4ccc(c1)c2c34. The summed E-state index contributed by atoms with van der Waals surface area (Å²) in [5.74, 6) is 0. The minimum atomic E-state index is 0.0806. The molecule has 210 valence electrons. The van der Waals surface area contributed by atoms with Crippen molar-refractivity contribution in [3.63, 3.8) is 0 Å². The molecule has 0 radical (unpaired) electrons. The predicted octanol–water partition coefficient (Wildman–Crippen LogP) is 11.9. The maximum Gasteiger partial charge on any atom is 0.0346 e. The molecule has 1 aromatic heterocycles. The van der Waals surface area contributed by atoms with Crippen LogP contribution in [0.4, 0.5) is 0 Å². The monoisotopic (exact) mass is 563 g/mol. The van der Waals surface area contributed by atoms with E-state index in [1.807, 2.05) is 18.5 Å². The first-order valence-electron chi connectivity index (χ1n) is 15.4. The molecule has 8 aromatic rings. The Morgan fingerprint density at radius 2 is 0.932 bits per heavy atom. The van der Waals surface area contributed by atoms with Crippen LogP contribution in [0.25, 0.3) is 76.8 Å². The summed E-state index contributed by atoms with van der Waals surface area (Å²) in [5, 5.41) is 7.89. The van der Waals surface area contributed by atoms with Crippen molar-refractivity contribution >= 4 is 32.3 Å². The van der Waals surface area contributed by atoms with Crippen molar-refractivity contribution in [3.05, 3.63) is 151 Å². The Morgan fingerprint density at radius 3 is 1.45 bits per heavy atom. The van der Waals surface area contributed by atoms with Gasteiger partial charge >= 0.3 is 0 Å². The van der Waals surface area contributed by atoms with Crippen LogP contribution in [0.2, 0.25) is 0 Å². The van der Waals surface area contributed by atoms with Gasteiger partial charge in [0.2, 0.25) is 0 Å². The quantitative estimate of drug-likeness (QED) is 0.194. The van der Waals surface area contributed by atoms with Crippen molar-refractivity contribution < 1.29 is 0 Å². The van der Waals surface area contributed by atoms with Gasteiger partial charge in [-0.05, 0) is 99.9 Å². The standard InChI is InChI=1S/C43H33N/c1-43(2,3)36-24-33-19-21-37-39(31-15-11-29(12-16-31)28-8-5-4-6-9-28)26-40(38-22-20-34(25-36)41(33)42(37)38)32-17-13-30(14-18-32)35-10-7-23-44-27-35/h4-27H,1-3H3. The Bertz CT molecular complexity index is 2100. The highest BCUT2D eigenvalue weighted by atomic mass is 14.6. The molecule has 0 aliphatic carbocycles. The summed E-state index contributed by atoms with van der Waals surface area (Å²) in [7, 11) is 0. The number of rotatable bonds is 4. The number of benzene rings is 7. The molecule has 0 N–H and O–H groups in total. The number of hydrogen-bond acceptors (Lipinski definition) is 1. The average molecular weight is 564 g/mol. The molecule has 0 amide bonds. The first-order valence-corrected chi connectivity index (χ1v) is 15.4. The van der Waals surface area contributed by atoms with Gasteiger partial charge in [-0.1, -0.05) is 142 Å². The first-order chi connectivity index (χ1) is 21.4. The number of pyridine rings is 1. The lowest BCUT2D eigenvalue weighted by molar-refractivity contribution is 0.591. The topological polar surface area (TPSA) is 12.9 Å². The summed E-state index contributed by atoms with van der Waals surface area (Å²) in [4.78, 5) is 4.32. The second kappa shape index (κ2) is 10.2. The lowest BCUT2D eigenvalue weighted by Gasteiger charge is -2.23. The molecule has 1 heterocycles. The summed E-state index contributed by atoms with van der Waals surface area (Å²) in [6, 6.07) is 49.2. The van der Waals surface area contributed by atoms with Crippen LogP contribution in [0.5, 0.6) is 0 Å². The summed E-state index contributed by atoms with van der Waals surface area (Å²) < 4.78 is 0. The second-order valence-electron chi connectivity index (χ2n) is 12.9. The van der Waals surface area contributed by atoms with Crippen molar-refractivity contribution in [1.82, 2.24) is 4.98 Å². The Balaban J connectivity index is 1.37. The van der Waals surface area contributed by atoms with E-state index in [0.717, 1.165) is 5.56 Å². The van der Waals surface area contributed by atoms with Crippen LogP contribution >= 0.6 is 0 Å². The van der Waals surface area contributed by atoms with Gasteiger partial charge in [0, 0.05) is 12.4 Å². The maximum absolute atomic E-state index is 4.32. The molecule has 0 bridgehead atoms. The van der Waals surface area contributed by atoms with Gasteiger partial charge in [-0.2, -0.15) is 0 Å². The van der Waals surface area contributed by atoms with Gasteiger partial charge in [-0.15, -0.1) is 0 Å². The highest BCUT2D eigenvalue weighted by Gasteiger charge is 2.20. The smallest absolute Gasteiger partial charge is 0.0346 e. The fraction of sp³-hybridized carbons (Fsp3) is 0.0930. The third kappa shape index (κ3) is 4.44. The molecule has 8 rings (SSSR count). The van der Waals surface area contributed by atoms with E-state index >= 15 is 0 Å². The Morgan fingerprint density at radius 1 is 0.432 bits per heavy atom. The largest absolute Gasteiger partial charge is 0.264 e. The molecule has 0 saturated carbocycles. The normalized spacial score (nSPS) is 12.0. The van der Waals surface area contributed by atoms with E-state index in [1.165, 1.54) is 76.8 Å². The molecule has 0 atom stereocenters. The minimum absolute atomic E-state index is 0.0806. The summed E-state index contributed by atoms with van der Waals surface area (Å²) in [6.45, 7) is 6.89. The molecule has 0 unspecified atom stereocenters. The minimum Gasteiger partial charge on any atom is -0.264 e. The number of nitrogens with zero attached hydrogens (tertiary/aromatic N) is 1. The Hall–Kier alpha value is -5.27. The predicted molar refractivity (Wildman–Crippen MR) is 188 cm³/mol. The lowest BCUT2D eigenvalue weighted by Crippen LogP contribution is -2.10. The maximum atomic E-state index is 4.32. The number of aromatic nitrogens is 1. The van der Waals surface area contributed by atoms with E-state index in [1.54, 1.807) is 0 Å². The molecule has 0 aliphatic rings. The highest BCUT2D eigenvalue weighted by molar-refractivity contribution is 6.28. The second-order valence-corrected chi connectivity index (χ2v) is 12.9. The van der Waals surface area contributed by atoms with Crippen LogP contribution in [-0.4, -0.2) is 4.98 Å². The van der Waals surface area contributed by atoms with Crippen LogP contribution in [0.15, 0.2) is 146 Å². The van der Waals surface area contributed by atoms with Gasteiger partial charge in [0.15, 0.2) is 0 Å². The average Bonchev–Trinajstić information content (AvgIpc) is 3.07. The molecular formula is C43H33N. The summed E-state index contributed by atoms with van der Waals surface area (Å²) in [5.41, 5.74) is 11.2. The molecular weight excluding hydrogens is 530 g/mol. The van der Waals surface area contributed by atoms with E-state index < -0.39 is 0 Å². The zero-order valence-corrected chi connectivity index (χ0v) is 25.3. The van der Waals surface area contributed by atoms with Crippen LogP contribution in [0.1, 0.15) is 26.3 Å². The van der Waals surface area contributed by atoms with E-state index in [9.17, 15) is 0 Å². The van der Waals surface area contributed by atoms with Gasteiger partial charge in [-0.25, -0.2) is 0 Å². The van der Waals surface area contributed by atoms with E-state index in [2.05, 4.69) is 153 Å². The van der Waals surface area contributed by atoms with Crippen LogP contribution < -0.4 is 0 Å². The summed E-state index contributed by atoms with van der Waals surface area (Å²) >= 11 is 0. The van der Waals surface area contributed by atoms with Crippen LogP contribution in [-0.2, 0) is 5.41 Å². The first kappa shape index (κ1) is 26.4. The molecule has 0 fully saturated rings. The van der Waals surface area contributed by atoms with Crippen molar-refractivity contribution in [3.8, 4) is 44.5 Å². The zero-order chi connectivity index (χ0) is 29.8. The van der Waals surface area contributed by atoms with Crippen LogP contribution in [0.3, 0.4) is 0 Å². The van der Waals surface area contributed by atoms with Crippen molar-refractivity contribution in [2.45, 2.75) is 26.2 Å². The molecule has 0 spiro atoms. The fourth-order valence-electron chi connectivity index (χ4n) is 6.67. The van der Waals surface area contributed by atoms with E-state index in [0.29, 0.717) is 0 Å². The highest BCUT2D eigenvalue weighted by Crippen LogP contribution is 2.45. The third-order valence-corrected chi connectivity index (χ3v) is 9.08. The van der Waals surface area contributed by atoms with Crippen molar-refractivity contribution in [1.29, 1.82) is 0 Å². The summed E-state index contributed by atoms with van der Waals surface area (Å²) in [6.07, 6.45) is 3.75.